The molecule has 2 heteroatoms. The molecular weight excluding hydrogens is 232 g/mol. The van der Waals surface area contributed by atoms with Gasteiger partial charge in [0, 0.05) is 31.2 Å². The molecule has 1 heterocycles. The molecule has 1 aliphatic carbocycles. The van der Waals surface area contributed by atoms with Crippen LogP contribution in [0.2, 0.25) is 0 Å². The third-order valence-corrected chi connectivity index (χ3v) is 5.61. The van der Waals surface area contributed by atoms with Crippen LogP contribution in [0.5, 0.6) is 0 Å². The average molecular weight is 266 g/mol. The van der Waals surface area contributed by atoms with Gasteiger partial charge in [0.1, 0.15) is 0 Å². The van der Waals surface area contributed by atoms with Gasteiger partial charge in [0.25, 0.3) is 0 Å². The molecule has 0 radical (unpaired) electrons. The summed E-state index contributed by atoms with van der Waals surface area (Å²) in [5.74, 6) is 1.01. The maximum atomic E-state index is 3.73. The molecule has 2 aliphatic rings. The molecule has 0 aromatic rings. The van der Waals surface area contributed by atoms with E-state index in [1.165, 1.54) is 64.5 Å². The molecule has 0 amide bonds. The van der Waals surface area contributed by atoms with Crippen molar-refractivity contribution in [3.05, 3.63) is 0 Å². The standard InChI is InChI=1S/C17H34N2/c1-4-14-8-7-9-17(11-10-14)19-13-15(5-2)18-12-16(19)6-3/h14-18H,4-13H2,1-3H3. The van der Waals surface area contributed by atoms with Crippen LogP contribution in [0, 0.1) is 5.92 Å². The summed E-state index contributed by atoms with van der Waals surface area (Å²) in [5.41, 5.74) is 0. The van der Waals surface area contributed by atoms with E-state index in [1.54, 1.807) is 0 Å². The zero-order valence-corrected chi connectivity index (χ0v) is 13.3. The summed E-state index contributed by atoms with van der Waals surface area (Å²) in [6.07, 6.45) is 11.3. The average Bonchev–Trinajstić information content (AvgIpc) is 2.71. The highest BCUT2D eigenvalue weighted by molar-refractivity contribution is 4.90. The maximum Gasteiger partial charge on any atom is 0.0221 e. The maximum absolute atomic E-state index is 3.73. The van der Waals surface area contributed by atoms with Crippen molar-refractivity contribution in [3.63, 3.8) is 0 Å². The molecule has 2 rings (SSSR count). The molecule has 1 N–H and O–H groups in total. The Balaban J connectivity index is 1.96. The molecular formula is C17H34N2. The van der Waals surface area contributed by atoms with Crippen LogP contribution >= 0.6 is 0 Å². The minimum Gasteiger partial charge on any atom is -0.311 e. The Kier molecular flexibility index (Phi) is 6.15. The Labute approximate surface area is 120 Å². The number of piperazine rings is 1. The second kappa shape index (κ2) is 7.64. The number of nitrogens with one attached hydrogen (secondary N) is 1. The van der Waals surface area contributed by atoms with Crippen molar-refractivity contribution >= 4 is 0 Å². The first-order chi connectivity index (χ1) is 9.28. The van der Waals surface area contributed by atoms with Crippen molar-refractivity contribution in [1.82, 2.24) is 10.2 Å². The fourth-order valence-corrected chi connectivity index (χ4v) is 4.09. The Hall–Kier alpha value is -0.0800. The highest BCUT2D eigenvalue weighted by Crippen LogP contribution is 2.30. The van der Waals surface area contributed by atoms with Gasteiger partial charge in [-0.1, -0.05) is 40.0 Å². The van der Waals surface area contributed by atoms with Gasteiger partial charge >= 0.3 is 0 Å². The Morgan fingerprint density at radius 1 is 0.947 bits per heavy atom. The molecule has 1 saturated carbocycles. The van der Waals surface area contributed by atoms with E-state index in [0.29, 0.717) is 0 Å². The van der Waals surface area contributed by atoms with E-state index in [1.807, 2.05) is 0 Å². The molecule has 0 aromatic carbocycles. The summed E-state index contributed by atoms with van der Waals surface area (Å²) in [4.78, 5) is 2.88. The fourth-order valence-electron chi connectivity index (χ4n) is 4.09. The first-order valence-electron chi connectivity index (χ1n) is 8.77. The van der Waals surface area contributed by atoms with Crippen molar-refractivity contribution in [2.24, 2.45) is 5.92 Å². The molecule has 4 atom stereocenters. The molecule has 2 nitrogen and oxygen atoms in total. The van der Waals surface area contributed by atoms with Gasteiger partial charge in [0.05, 0.1) is 0 Å². The Morgan fingerprint density at radius 2 is 1.79 bits per heavy atom. The highest BCUT2D eigenvalue weighted by atomic mass is 15.3. The molecule has 0 aromatic heterocycles. The summed E-state index contributed by atoms with van der Waals surface area (Å²) in [5, 5.41) is 3.73. The van der Waals surface area contributed by atoms with Crippen molar-refractivity contribution in [2.45, 2.75) is 90.3 Å². The minimum absolute atomic E-state index is 0.730. The predicted molar refractivity (Wildman–Crippen MR) is 83.5 cm³/mol. The van der Waals surface area contributed by atoms with Crippen molar-refractivity contribution < 1.29 is 0 Å². The number of nitrogens with zero attached hydrogens (tertiary/aromatic N) is 1. The summed E-state index contributed by atoms with van der Waals surface area (Å²) in [6.45, 7) is 9.55. The van der Waals surface area contributed by atoms with Gasteiger partial charge in [-0.25, -0.2) is 0 Å². The van der Waals surface area contributed by atoms with E-state index >= 15 is 0 Å². The first kappa shape index (κ1) is 15.3. The van der Waals surface area contributed by atoms with E-state index in [4.69, 9.17) is 0 Å². The quantitative estimate of drug-likeness (QED) is 0.779. The van der Waals surface area contributed by atoms with Gasteiger partial charge in [0.15, 0.2) is 0 Å². The molecule has 0 bridgehead atoms. The second-order valence-corrected chi connectivity index (χ2v) is 6.71. The molecule has 112 valence electrons. The van der Waals surface area contributed by atoms with Crippen LogP contribution in [-0.2, 0) is 0 Å². The summed E-state index contributed by atoms with van der Waals surface area (Å²) in [7, 11) is 0. The van der Waals surface area contributed by atoms with Crippen LogP contribution in [0.1, 0.15) is 72.1 Å². The topological polar surface area (TPSA) is 15.3 Å². The minimum atomic E-state index is 0.730. The van der Waals surface area contributed by atoms with E-state index < -0.39 is 0 Å². The van der Waals surface area contributed by atoms with Crippen molar-refractivity contribution in [3.8, 4) is 0 Å². The van der Waals surface area contributed by atoms with E-state index in [-0.39, 0.29) is 0 Å². The lowest BCUT2D eigenvalue weighted by Gasteiger charge is -2.44. The molecule has 1 aliphatic heterocycles. The van der Waals surface area contributed by atoms with Crippen LogP contribution in [0.25, 0.3) is 0 Å². The summed E-state index contributed by atoms with van der Waals surface area (Å²) in [6, 6.07) is 2.39. The van der Waals surface area contributed by atoms with Gasteiger partial charge in [-0.05, 0) is 38.0 Å². The monoisotopic (exact) mass is 266 g/mol. The number of hydrogen-bond donors (Lipinski definition) is 1. The fraction of sp³-hybridized carbons (Fsp3) is 1.00. The largest absolute Gasteiger partial charge is 0.311 e. The van der Waals surface area contributed by atoms with E-state index in [2.05, 4.69) is 31.0 Å². The summed E-state index contributed by atoms with van der Waals surface area (Å²) >= 11 is 0. The van der Waals surface area contributed by atoms with Crippen LogP contribution in [0.15, 0.2) is 0 Å². The highest BCUT2D eigenvalue weighted by Gasteiger charge is 2.32. The Bertz CT molecular complexity index is 254. The van der Waals surface area contributed by atoms with Crippen LogP contribution < -0.4 is 5.32 Å². The van der Waals surface area contributed by atoms with Crippen LogP contribution in [-0.4, -0.2) is 36.1 Å². The Morgan fingerprint density at radius 3 is 2.47 bits per heavy atom. The third kappa shape index (κ3) is 3.95. The zero-order valence-electron chi connectivity index (χ0n) is 13.3. The first-order valence-corrected chi connectivity index (χ1v) is 8.77. The van der Waals surface area contributed by atoms with Crippen molar-refractivity contribution in [2.75, 3.05) is 13.1 Å². The van der Waals surface area contributed by atoms with E-state index in [0.717, 1.165) is 24.0 Å². The molecule has 0 spiro atoms. The lowest BCUT2D eigenvalue weighted by molar-refractivity contribution is 0.0691. The normalized spacial score (nSPS) is 38.1. The molecule has 4 unspecified atom stereocenters. The molecule has 2 fully saturated rings. The van der Waals surface area contributed by atoms with Crippen LogP contribution in [0.3, 0.4) is 0 Å². The van der Waals surface area contributed by atoms with Crippen LogP contribution in [0.4, 0.5) is 0 Å². The number of rotatable bonds is 4. The molecule has 1 saturated heterocycles. The van der Waals surface area contributed by atoms with E-state index in [9.17, 15) is 0 Å². The third-order valence-electron chi connectivity index (χ3n) is 5.61. The van der Waals surface area contributed by atoms with Crippen molar-refractivity contribution in [1.29, 1.82) is 0 Å². The lowest BCUT2D eigenvalue weighted by atomic mass is 9.96. The SMILES string of the molecule is CCC1CCCC(N2CC(CC)NCC2CC)CC1. The smallest absolute Gasteiger partial charge is 0.0221 e. The van der Waals surface area contributed by atoms with Gasteiger partial charge in [0.2, 0.25) is 0 Å². The van der Waals surface area contributed by atoms with Gasteiger partial charge in [-0.3, -0.25) is 4.90 Å². The van der Waals surface area contributed by atoms with Gasteiger partial charge in [-0.15, -0.1) is 0 Å². The lowest BCUT2D eigenvalue weighted by Crippen LogP contribution is -2.59. The van der Waals surface area contributed by atoms with Gasteiger partial charge in [-0.2, -0.15) is 0 Å². The van der Waals surface area contributed by atoms with Gasteiger partial charge < -0.3 is 5.32 Å². The second-order valence-electron chi connectivity index (χ2n) is 6.71. The number of hydrogen-bond acceptors (Lipinski definition) is 2. The zero-order chi connectivity index (χ0) is 13.7. The summed E-state index contributed by atoms with van der Waals surface area (Å²) < 4.78 is 0. The predicted octanol–water partition coefficient (Wildman–Crippen LogP) is 3.81. The molecule has 19 heavy (non-hydrogen) atoms.